The Bertz CT molecular complexity index is 490. The van der Waals surface area contributed by atoms with Crippen LogP contribution in [0.4, 0.5) is 4.39 Å². The van der Waals surface area contributed by atoms with E-state index in [1.54, 1.807) is 28.9 Å². The lowest BCUT2D eigenvalue weighted by Crippen LogP contribution is -2.13. The number of Topliss-reactive ketones (excluding diaryl/α,β-unsaturated/α-hetero) is 1. The number of carbonyl (C=O) groups is 1. The molecule has 0 aliphatic heterocycles. The molecule has 0 fully saturated rings. The summed E-state index contributed by atoms with van der Waals surface area (Å²) in [5.41, 5.74) is 5.86. The molecule has 2 aromatic heterocycles. The SMILES string of the molecule is NCC(=O)c1ccn2cccc(F)c12. The van der Waals surface area contributed by atoms with Gasteiger partial charge in [-0.1, -0.05) is 0 Å². The van der Waals surface area contributed by atoms with Crippen LogP contribution in [0.5, 0.6) is 0 Å². The molecule has 0 aliphatic rings. The normalized spacial score (nSPS) is 10.7. The van der Waals surface area contributed by atoms with Crippen molar-refractivity contribution in [2.75, 3.05) is 6.54 Å². The molecule has 0 aliphatic carbocycles. The van der Waals surface area contributed by atoms with Gasteiger partial charge in [0.05, 0.1) is 12.1 Å². The van der Waals surface area contributed by atoms with Gasteiger partial charge in [-0.05, 0) is 18.2 Å². The minimum absolute atomic E-state index is 0.103. The van der Waals surface area contributed by atoms with Crippen LogP contribution in [0, 0.1) is 5.82 Å². The van der Waals surface area contributed by atoms with E-state index >= 15 is 0 Å². The fraction of sp³-hybridized carbons (Fsp3) is 0.100. The van der Waals surface area contributed by atoms with Crippen molar-refractivity contribution in [3.05, 3.63) is 42.0 Å². The van der Waals surface area contributed by atoms with Crippen LogP contribution in [0.15, 0.2) is 30.6 Å². The highest BCUT2D eigenvalue weighted by Crippen LogP contribution is 2.16. The fourth-order valence-corrected chi connectivity index (χ4v) is 1.46. The standard InChI is InChI=1S/C10H9FN2O/c11-8-2-1-4-13-5-3-7(10(8)13)9(14)6-12/h1-5H,6,12H2. The van der Waals surface area contributed by atoms with Crippen LogP contribution < -0.4 is 5.73 Å². The molecule has 0 bridgehead atoms. The lowest BCUT2D eigenvalue weighted by atomic mass is 10.2. The quantitative estimate of drug-likeness (QED) is 0.727. The monoisotopic (exact) mass is 192 g/mol. The molecule has 2 N–H and O–H groups in total. The zero-order valence-electron chi connectivity index (χ0n) is 7.40. The van der Waals surface area contributed by atoms with Gasteiger partial charge >= 0.3 is 0 Å². The largest absolute Gasteiger partial charge is 0.324 e. The third-order valence-corrected chi connectivity index (χ3v) is 2.12. The number of aromatic nitrogens is 1. The zero-order valence-corrected chi connectivity index (χ0v) is 7.40. The lowest BCUT2D eigenvalue weighted by Gasteiger charge is -1.98. The first kappa shape index (κ1) is 8.90. The number of halogens is 1. The first-order chi connectivity index (χ1) is 6.74. The van der Waals surface area contributed by atoms with E-state index in [0.29, 0.717) is 11.1 Å². The smallest absolute Gasteiger partial charge is 0.178 e. The maximum absolute atomic E-state index is 13.4. The van der Waals surface area contributed by atoms with Crippen molar-refractivity contribution in [2.45, 2.75) is 0 Å². The van der Waals surface area contributed by atoms with Crippen LogP contribution in [0.1, 0.15) is 10.4 Å². The second kappa shape index (κ2) is 3.23. The number of hydrogen-bond donors (Lipinski definition) is 1. The van der Waals surface area contributed by atoms with Gasteiger partial charge in [-0.2, -0.15) is 0 Å². The predicted octanol–water partition coefficient (Wildman–Crippen LogP) is 1.22. The minimum Gasteiger partial charge on any atom is -0.324 e. The van der Waals surface area contributed by atoms with E-state index in [1.165, 1.54) is 6.07 Å². The molecule has 0 spiro atoms. The number of nitrogens with two attached hydrogens (primary N) is 1. The Morgan fingerprint density at radius 2 is 2.21 bits per heavy atom. The number of ketones is 1. The van der Waals surface area contributed by atoms with Crippen LogP contribution in [0.2, 0.25) is 0 Å². The Labute approximate surface area is 79.9 Å². The molecule has 14 heavy (non-hydrogen) atoms. The van der Waals surface area contributed by atoms with Gasteiger partial charge in [0.2, 0.25) is 0 Å². The van der Waals surface area contributed by atoms with Crippen molar-refractivity contribution < 1.29 is 9.18 Å². The van der Waals surface area contributed by atoms with E-state index in [1.807, 2.05) is 0 Å². The molecule has 3 nitrogen and oxygen atoms in total. The molecular formula is C10H9FN2O. The van der Waals surface area contributed by atoms with Gasteiger partial charge in [-0.25, -0.2) is 4.39 Å². The van der Waals surface area contributed by atoms with Gasteiger partial charge in [0.15, 0.2) is 5.78 Å². The second-order valence-electron chi connectivity index (χ2n) is 2.97. The Morgan fingerprint density at radius 3 is 2.93 bits per heavy atom. The molecule has 2 aromatic rings. The first-order valence-corrected chi connectivity index (χ1v) is 4.22. The topological polar surface area (TPSA) is 47.5 Å². The zero-order chi connectivity index (χ0) is 10.1. The number of carbonyl (C=O) groups excluding carboxylic acids is 1. The highest BCUT2D eigenvalue weighted by Gasteiger charge is 2.12. The summed E-state index contributed by atoms with van der Waals surface area (Å²) in [5, 5.41) is 0. The molecular weight excluding hydrogens is 183 g/mol. The Kier molecular flexibility index (Phi) is 2.05. The van der Waals surface area contributed by atoms with Gasteiger partial charge in [0, 0.05) is 18.0 Å². The summed E-state index contributed by atoms with van der Waals surface area (Å²) >= 11 is 0. The van der Waals surface area contributed by atoms with E-state index in [2.05, 4.69) is 0 Å². The maximum atomic E-state index is 13.4. The molecule has 0 saturated heterocycles. The lowest BCUT2D eigenvalue weighted by molar-refractivity contribution is 0.100. The molecule has 72 valence electrons. The molecule has 0 atom stereocenters. The molecule has 2 heterocycles. The van der Waals surface area contributed by atoms with Crippen LogP contribution >= 0.6 is 0 Å². The summed E-state index contributed by atoms with van der Waals surface area (Å²) in [4.78, 5) is 11.3. The van der Waals surface area contributed by atoms with Crippen LogP contribution in [0.25, 0.3) is 5.52 Å². The van der Waals surface area contributed by atoms with Crippen molar-refractivity contribution in [1.29, 1.82) is 0 Å². The summed E-state index contributed by atoms with van der Waals surface area (Å²) in [5.74, 6) is -0.660. The van der Waals surface area contributed by atoms with E-state index in [4.69, 9.17) is 5.73 Å². The molecule has 0 amide bonds. The summed E-state index contributed by atoms with van der Waals surface area (Å²) in [6.45, 7) is -0.103. The third-order valence-electron chi connectivity index (χ3n) is 2.12. The highest BCUT2D eigenvalue weighted by molar-refractivity contribution is 6.03. The van der Waals surface area contributed by atoms with E-state index in [0.717, 1.165) is 0 Å². The van der Waals surface area contributed by atoms with Crippen molar-refractivity contribution in [2.24, 2.45) is 5.73 Å². The Hall–Kier alpha value is -1.68. The van der Waals surface area contributed by atoms with Crippen molar-refractivity contribution in [3.8, 4) is 0 Å². The van der Waals surface area contributed by atoms with Gasteiger partial charge in [0.25, 0.3) is 0 Å². The first-order valence-electron chi connectivity index (χ1n) is 4.22. The van der Waals surface area contributed by atoms with Crippen molar-refractivity contribution in [1.82, 2.24) is 4.40 Å². The number of rotatable bonds is 2. The molecule has 0 aromatic carbocycles. The summed E-state index contributed by atoms with van der Waals surface area (Å²) in [6, 6.07) is 4.48. The fourth-order valence-electron chi connectivity index (χ4n) is 1.46. The maximum Gasteiger partial charge on any atom is 0.178 e. The second-order valence-corrected chi connectivity index (χ2v) is 2.97. The Balaban J connectivity index is 2.73. The van der Waals surface area contributed by atoms with Gasteiger partial charge in [-0.15, -0.1) is 0 Å². The van der Waals surface area contributed by atoms with Crippen molar-refractivity contribution in [3.63, 3.8) is 0 Å². The predicted molar refractivity (Wildman–Crippen MR) is 50.7 cm³/mol. The number of hydrogen-bond acceptors (Lipinski definition) is 2. The van der Waals surface area contributed by atoms with E-state index in [9.17, 15) is 9.18 Å². The van der Waals surface area contributed by atoms with E-state index in [-0.39, 0.29) is 12.3 Å². The molecule has 0 radical (unpaired) electrons. The average Bonchev–Trinajstić information content (AvgIpc) is 2.62. The molecule has 2 rings (SSSR count). The summed E-state index contributed by atoms with van der Waals surface area (Å²) in [6.07, 6.45) is 3.33. The van der Waals surface area contributed by atoms with Crippen LogP contribution in [0.3, 0.4) is 0 Å². The number of fused-ring (bicyclic) bond motifs is 1. The average molecular weight is 192 g/mol. The third kappa shape index (κ3) is 1.20. The Morgan fingerprint density at radius 1 is 1.43 bits per heavy atom. The van der Waals surface area contributed by atoms with Gasteiger partial charge < -0.3 is 10.1 Å². The van der Waals surface area contributed by atoms with Gasteiger partial charge in [0.1, 0.15) is 5.82 Å². The number of pyridine rings is 1. The molecule has 0 unspecified atom stereocenters. The van der Waals surface area contributed by atoms with Crippen LogP contribution in [-0.2, 0) is 0 Å². The highest BCUT2D eigenvalue weighted by atomic mass is 19.1. The van der Waals surface area contributed by atoms with Crippen molar-refractivity contribution >= 4 is 11.3 Å². The summed E-state index contributed by atoms with van der Waals surface area (Å²) in [7, 11) is 0. The van der Waals surface area contributed by atoms with E-state index < -0.39 is 5.82 Å². The minimum atomic E-state index is -0.408. The van der Waals surface area contributed by atoms with Crippen LogP contribution in [-0.4, -0.2) is 16.7 Å². The number of nitrogens with zero attached hydrogens (tertiary/aromatic N) is 1. The van der Waals surface area contributed by atoms with Gasteiger partial charge in [-0.3, -0.25) is 4.79 Å². The molecule has 4 heteroatoms. The summed E-state index contributed by atoms with van der Waals surface area (Å²) < 4.78 is 14.9. The molecule has 0 saturated carbocycles.